The van der Waals surface area contributed by atoms with E-state index in [9.17, 15) is 13.6 Å². The van der Waals surface area contributed by atoms with Crippen molar-refractivity contribution in [2.45, 2.75) is 6.61 Å². The van der Waals surface area contributed by atoms with Crippen molar-refractivity contribution in [2.75, 3.05) is 7.11 Å². The second-order valence-corrected chi connectivity index (χ2v) is 4.52. The number of halogens is 3. The summed E-state index contributed by atoms with van der Waals surface area (Å²) in [5.74, 6) is -0.129. The van der Waals surface area contributed by atoms with Crippen LogP contribution in [0.2, 0.25) is 5.02 Å². The van der Waals surface area contributed by atoms with Gasteiger partial charge in [-0.15, -0.1) is 0 Å². The van der Waals surface area contributed by atoms with E-state index in [2.05, 4.69) is 4.74 Å². The lowest BCUT2D eigenvalue weighted by molar-refractivity contribution is -0.0498. The van der Waals surface area contributed by atoms with E-state index in [-0.39, 0.29) is 16.9 Å². The summed E-state index contributed by atoms with van der Waals surface area (Å²) in [6.07, 6.45) is 0. The molecular weight excluding hydrogens is 302 g/mol. The van der Waals surface area contributed by atoms with Gasteiger partial charge in [0.05, 0.1) is 12.7 Å². The van der Waals surface area contributed by atoms with Crippen LogP contribution in [0.25, 0.3) is 0 Å². The fourth-order valence-corrected chi connectivity index (χ4v) is 2.00. The maximum Gasteiger partial charge on any atom is 0.387 e. The zero-order chi connectivity index (χ0) is 15.4. The molecule has 0 aliphatic carbocycles. The van der Waals surface area contributed by atoms with E-state index in [0.29, 0.717) is 10.8 Å². The number of carbonyl (C=O) groups excluding carboxylic acids is 1. The van der Waals surface area contributed by atoms with Crippen LogP contribution in [0.1, 0.15) is 15.9 Å². The molecule has 0 radical (unpaired) electrons. The van der Waals surface area contributed by atoms with E-state index in [0.717, 1.165) is 0 Å². The summed E-state index contributed by atoms with van der Waals surface area (Å²) in [6.45, 7) is -2.95. The van der Waals surface area contributed by atoms with Gasteiger partial charge in [0.1, 0.15) is 11.5 Å². The van der Waals surface area contributed by atoms with Gasteiger partial charge in [-0.2, -0.15) is 8.78 Å². The zero-order valence-corrected chi connectivity index (χ0v) is 11.7. The van der Waals surface area contributed by atoms with Crippen molar-refractivity contribution < 1.29 is 23.0 Å². The van der Waals surface area contributed by atoms with Crippen LogP contribution in [0, 0.1) is 0 Å². The smallest absolute Gasteiger partial charge is 0.387 e. The molecule has 0 bridgehead atoms. The monoisotopic (exact) mass is 312 g/mol. The van der Waals surface area contributed by atoms with E-state index in [1.165, 1.54) is 37.4 Å². The Morgan fingerprint density at radius 2 is 1.95 bits per heavy atom. The first-order valence-electron chi connectivity index (χ1n) is 5.94. The van der Waals surface area contributed by atoms with Crippen LogP contribution in [0.15, 0.2) is 42.5 Å². The average Bonchev–Trinajstić information content (AvgIpc) is 2.46. The molecule has 2 aromatic rings. The second-order valence-electron chi connectivity index (χ2n) is 4.08. The van der Waals surface area contributed by atoms with Gasteiger partial charge in [0, 0.05) is 10.6 Å². The molecule has 6 heteroatoms. The van der Waals surface area contributed by atoms with Crippen molar-refractivity contribution in [2.24, 2.45) is 0 Å². The number of hydrogen-bond donors (Lipinski definition) is 0. The number of methoxy groups -OCH3 is 1. The van der Waals surface area contributed by atoms with Crippen LogP contribution in [0.3, 0.4) is 0 Å². The van der Waals surface area contributed by atoms with Gasteiger partial charge in [0.2, 0.25) is 0 Å². The lowest BCUT2D eigenvalue weighted by Crippen LogP contribution is -2.06. The molecule has 0 N–H and O–H groups in total. The van der Waals surface area contributed by atoms with E-state index in [1.807, 2.05) is 0 Å². The molecule has 0 aromatic heterocycles. The molecule has 0 spiro atoms. The topological polar surface area (TPSA) is 35.5 Å². The van der Waals surface area contributed by atoms with Gasteiger partial charge in [0.15, 0.2) is 5.78 Å². The third kappa shape index (κ3) is 3.70. The van der Waals surface area contributed by atoms with Gasteiger partial charge < -0.3 is 9.47 Å². The summed E-state index contributed by atoms with van der Waals surface area (Å²) in [5.41, 5.74) is 0.452. The first-order chi connectivity index (χ1) is 10.0. The van der Waals surface area contributed by atoms with Gasteiger partial charge in [-0.05, 0) is 30.3 Å². The minimum atomic E-state index is -2.95. The van der Waals surface area contributed by atoms with Gasteiger partial charge in [-0.25, -0.2) is 0 Å². The van der Waals surface area contributed by atoms with E-state index >= 15 is 0 Å². The van der Waals surface area contributed by atoms with Crippen molar-refractivity contribution in [3.63, 3.8) is 0 Å². The van der Waals surface area contributed by atoms with E-state index < -0.39 is 12.4 Å². The molecule has 110 valence electrons. The standard InChI is InChI=1S/C15H11ClF2O3/c1-20-13-6-5-10(16)8-12(13)14(19)9-3-2-4-11(7-9)21-15(17)18/h2-8,15H,1H3. The Labute approximate surface area is 125 Å². The summed E-state index contributed by atoms with van der Waals surface area (Å²) in [5, 5.41) is 0.374. The minimum Gasteiger partial charge on any atom is -0.496 e. The Balaban J connectivity index is 2.38. The van der Waals surface area contributed by atoms with Crippen LogP contribution in [0.4, 0.5) is 8.78 Å². The lowest BCUT2D eigenvalue weighted by atomic mass is 10.0. The predicted octanol–water partition coefficient (Wildman–Crippen LogP) is 4.18. The van der Waals surface area contributed by atoms with Crippen molar-refractivity contribution >= 4 is 17.4 Å². The third-order valence-corrected chi connectivity index (χ3v) is 2.96. The molecule has 0 saturated carbocycles. The molecule has 0 heterocycles. The van der Waals surface area contributed by atoms with Crippen molar-refractivity contribution in [3.8, 4) is 11.5 Å². The number of benzene rings is 2. The summed E-state index contributed by atoms with van der Waals surface area (Å²) in [7, 11) is 1.43. The van der Waals surface area contributed by atoms with Crippen LogP contribution >= 0.6 is 11.6 Å². The molecule has 2 aromatic carbocycles. The molecule has 0 aliphatic rings. The highest BCUT2D eigenvalue weighted by atomic mass is 35.5. The van der Waals surface area contributed by atoms with Crippen LogP contribution in [0.5, 0.6) is 11.5 Å². The molecule has 2 rings (SSSR count). The van der Waals surface area contributed by atoms with Crippen LogP contribution in [-0.2, 0) is 0 Å². The first-order valence-corrected chi connectivity index (χ1v) is 6.32. The third-order valence-electron chi connectivity index (χ3n) is 2.73. The quantitative estimate of drug-likeness (QED) is 0.777. The van der Waals surface area contributed by atoms with E-state index in [4.69, 9.17) is 16.3 Å². The highest BCUT2D eigenvalue weighted by Crippen LogP contribution is 2.26. The normalized spacial score (nSPS) is 10.5. The van der Waals surface area contributed by atoms with Gasteiger partial charge in [-0.1, -0.05) is 23.7 Å². The maximum atomic E-state index is 12.4. The fourth-order valence-electron chi connectivity index (χ4n) is 1.83. The molecule has 21 heavy (non-hydrogen) atoms. The molecule has 0 atom stereocenters. The summed E-state index contributed by atoms with van der Waals surface area (Å²) >= 11 is 5.87. The molecule has 0 aliphatic heterocycles. The van der Waals surface area contributed by atoms with Crippen molar-refractivity contribution in [3.05, 3.63) is 58.6 Å². The van der Waals surface area contributed by atoms with Gasteiger partial charge >= 0.3 is 6.61 Å². The molecule has 0 unspecified atom stereocenters. The largest absolute Gasteiger partial charge is 0.496 e. The number of ketones is 1. The minimum absolute atomic E-state index is 0.0863. The van der Waals surface area contributed by atoms with Crippen molar-refractivity contribution in [1.82, 2.24) is 0 Å². The first kappa shape index (κ1) is 15.3. The summed E-state index contributed by atoms with van der Waals surface area (Å²) in [6, 6.07) is 10.2. The number of carbonyl (C=O) groups is 1. The zero-order valence-electron chi connectivity index (χ0n) is 11.0. The van der Waals surface area contributed by atoms with Crippen molar-refractivity contribution in [1.29, 1.82) is 0 Å². The highest BCUT2D eigenvalue weighted by molar-refractivity contribution is 6.31. The van der Waals surface area contributed by atoms with Crippen LogP contribution in [-0.4, -0.2) is 19.5 Å². The van der Waals surface area contributed by atoms with Crippen LogP contribution < -0.4 is 9.47 Å². The average molecular weight is 313 g/mol. The number of rotatable bonds is 5. The van der Waals surface area contributed by atoms with Gasteiger partial charge in [-0.3, -0.25) is 4.79 Å². The maximum absolute atomic E-state index is 12.4. The number of alkyl halides is 2. The molecular formula is C15H11ClF2O3. The lowest BCUT2D eigenvalue weighted by Gasteiger charge is -2.09. The predicted molar refractivity (Wildman–Crippen MR) is 74.5 cm³/mol. The number of hydrogen-bond acceptors (Lipinski definition) is 3. The number of ether oxygens (including phenoxy) is 2. The van der Waals surface area contributed by atoms with E-state index in [1.54, 1.807) is 12.1 Å². The Hall–Kier alpha value is -2.14. The molecule has 3 nitrogen and oxygen atoms in total. The summed E-state index contributed by atoms with van der Waals surface area (Å²) in [4.78, 5) is 12.4. The second kappa shape index (κ2) is 6.54. The highest BCUT2D eigenvalue weighted by Gasteiger charge is 2.16. The Bertz CT molecular complexity index is 659. The SMILES string of the molecule is COc1ccc(Cl)cc1C(=O)c1cccc(OC(F)F)c1. The summed E-state index contributed by atoms with van der Waals surface area (Å²) < 4.78 is 33.8. The Morgan fingerprint density at radius 3 is 2.62 bits per heavy atom. The fraction of sp³-hybridized carbons (Fsp3) is 0.133. The Kier molecular flexibility index (Phi) is 4.75. The molecule has 0 amide bonds. The van der Waals surface area contributed by atoms with Gasteiger partial charge in [0.25, 0.3) is 0 Å². The molecule has 0 saturated heterocycles. The Morgan fingerprint density at radius 1 is 1.19 bits per heavy atom. The molecule has 0 fully saturated rings.